The second kappa shape index (κ2) is 5.37. The monoisotopic (exact) mass is 250 g/mol. The highest BCUT2D eigenvalue weighted by molar-refractivity contribution is 6.17. The van der Waals surface area contributed by atoms with Gasteiger partial charge in [-0.15, -0.1) is 11.6 Å². The van der Waals surface area contributed by atoms with Crippen LogP contribution in [0.25, 0.3) is 11.0 Å². The topological polar surface area (TPSA) is 30.2 Å². The molecule has 0 atom stereocenters. The van der Waals surface area contributed by atoms with Gasteiger partial charge in [-0.2, -0.15) is 0 Å². The molecule has 0 amide bonds. The van der Waals surface area contributed by atoms with Crippen molar-refractivity contribution < 1.29 is 9.21 Å². The SMILES string of the molecule is Cc1c(CC(=O)CCCCl)oc2ccccc12. The lowest BCUT2D eigenvalue weighted by molar-refractivity contribution is -0.118. The largest absolute Gasteiger partial charge is 0.460 e. The van der Waals surface area contributed by atoms with Crippen molar-refractivity contribution in [2.45, 2.75) is 26.2 Å². The smallest absolute Gasteiger partial charge is 0.140 e. The Labute approximate surface area is 106 Å². The lowest BCUT2D eigenvalue weighted by Gasteiger charge is -1.97. The minimum absolute atomic E-state index is 0.188. The molecule has 0 aliphatic carbocycles. The van der Waals surface area contributed by atoms with E-state index >= 15 is 0 Å². The number of halogens is 1. The van der Waals surface area contributed by atoms with Crippen molar-refractivity contribution in [2.24, 2.45) is 0 Å². The van der Waals surface area contributed by atoms with Gasteiger partial charge >= 0.3 is 0 Å². The van der Waals surface area contributed by atoms with Crippen LogP contribution in [0.3, 0.4) is 0 Å². The molecule has 2 nitrogen and oxygen atoms in total. The molecule has 2 rings (SSSR count). The molecular weight excluding hydrogens is 236 g/mol. The van der Waals surface area contributed by atoms with E-state index in [0.717, 1.165) is 28.7 Å². The van der Waals surface area contributed by atoms with Gasteiger partial charge in [0.05, 0.1) is 6.42 Å². The highest BCUT2D eigenvalue weighted by Gasteiger charge is 2.13. The van der Waals surface area contributed by atoms with Crippen LogP contribution in [0.1, 0.15) is 24.2 Å². The summed E-state index contributed by atoms with van der Waals surface area (Å²) in [6.07, 6.45) is 1.64. The van der Waals surface area contributed by atoms with Crippen molar-refractivity contribution in [1.29, 1.82) is 0 Å². The van der Waals surface area contributed by atoms with Gasteiger partial charge in [-0.05, 0) is 25.0 Å². The molecule has 1 heterocycles. The summed E-state index contributed by atoms with van der Waals surface area (Å²) < 4.78 is 5.70. The summed E-state index contributed by atoms with van der Waals surface area (Å²) in [6, 6.07) is 7.85. The maximum absolute atomic E-state index is 11.7. The molecule has 0 aliphatic heterocycles. The summed E-state index contributed by atoms with van der Waals surface area (Å²) in [4.78, 5) is 11.7. The number of rotatable bonds is 5. The first-order valence-corrected chi connectivity index (χ1v) is 6.30. The summed E-state index contributed by atoms with van der Waals surface area (Å²) in [5.74, 6) is 1.50. The van der Waals surface area contributed by atoms with Crippen molar-refractivity contribution in [3.05, 3.63) is 35.6 Å². The van der Waals surface area contributed by atoms with E-state index in [4.69, 9.17) is 16.0 Å². The van der Waals surface area contributed by atoms with Gasteiger partial charge in [0.25, 0.3) is 0 Å². The molecule has 0 radical (unpaired) electrons. The average Bonchev–Trinajstić information content (AvgIpc) is 2.64. The number of carbonyl (C=O) groups is 1. The fourth-order valence-corrected chi connectivity index (χ4v) is 2.06. The third-order valence-electron chi connectivity index (χ3n) is 2.89. The Balaban J connectivity index is 2.19. The van der Waals surface area contributed by atoms with E-state index in [1.165, 1.54) is 0 Å². The normalized spacial score (nSPS) is 10.9. The lowest BCUT2D eigenvalue weighted by Crippen LogP contribution is -2.02. The van der Waals surface area contributed by atoms with Gasteiger partial charge in [0.1, 0.15) is 17.1 Å². The molecule has 17 heavy (non-hydrogen) atoms. The molecular formula is C14H15ClO2. The van der Waals surface area contributed by atoms with Crippen LogP contribution in [-0.4, -0.2) is 11.7 Å². The van der Waals surface area contributed by atoms with Crippen LogP contribution in [0.2, 0.25) is 0 Å². The Morgan fingerprint density at radius 2 is 2.12 bits per heavy atom. The zero-order valence-electron chi connectivity index (χ0n) is 9.83. The van der Waals surface area contributed by atoms with Crippen LogP contribution in [-0.2, 0) is 11.2 Å². The van der Waals surface area contributed by atoms with Crippen LogP contribution in [0.5, 0.6) is 0 Å². The molecule has 0 saturated heterocycles. The Kier molecular flexibility index (Phi) is 3.85. The van der Waals surface area contributed by atoms with Crippen LogP contribution in [0.4, 0.5) is 0 Å². The predicted octanol–water partition coefficient (Wildman–Crippen LogP) is 3.87. The van der Waals surface area contributed by atoms with Gasteiger partial charge in [-0.25, -0.2) is 0 Å². The molecule has 2 aromatic rings. The van der Waals surface area contributed by atoms with Gasteiger partial charge in [-0.1, -0.05) is 18.2 Å². The highest BCUT2D eigenvalue weighted by Crippen LogP contribution is 2.25. The molecule has 1 aromatic carbocycles. The minimum Gasteiger partial charge on any atom is -0.460 e. The molecule has 90 valence electrons. The summed E-state index contributed by atoms with van der Waals surface area (Å²) in [5.41, 5.74) is 1.92. The number of fused-ring (bicyclic) bond motifs is 1. The van der Waals surface area contributed by atoms with E-state index in [9.17, 15) is 4.79 Å². The van der Waals surface area contributed by atoms with E-state index in [2.05, 4.69) is 0 Å². The maximum Gasteiger partial charge on any atom is 0.140 e. The fourth-order valence-electron chi connectivity index (χ4n) is 1.93. The van der Waals surface area contributed by atoms with Gasteiger partial charge < -0.3 is 4.42 Å². The Morgan fingerprint density at radius 3 is 2.82 bits per heavy atom. The summed E-state index contributed by atoms with van der Waals surface area (Å²) in [6.45, 7) is 2.00. The first kappa shape index (κ1) is 12.2. The zero-order chi connectivity index (χ0) is 12.3. The number of para-hydroxylation sites is 1. The van der Waals surface area contributed by atoms with Gasteiger partial charge in [0.2, 0.25) is 0 Å². The van der Waals surface area contributed by atoms with E-state index in [1.54, 1.807) is 0 Å². The van der Waals surface area contributed by atoms with E-state index in [0.29, 0.717) is 18.7 Å². The molecule has 1 aromatic heterocycles. The van der Waals surface area contributed by atoms with Crippen molar-refractivity contribution in [3.63, 3.8) is 0 Å². The summed E-state index contributed by atoms with van der Waals surface area (Å²) in [5, 5.41) is 1.09. The molecule has 3 heteroatoms. The number of carbonyl (C=O) groups excluding carboxylic acids is 1. The van der Waals surface area contributed by atoms with Crippen LogP contribution in [0, 0.1) is 6.92 Å². The van der Waals surface area contributed by atoms with E-state index in [-0.39, 0.29) is 5.78 Å². The third kappa shape index (κ3) is 2.70. The molecule has 0 fully saturated rings. The van der Waals surface area contributed by atoms with Crippen LogP contribution >= 0.6 is 11.6 Å². The number of hydrogen-bond acceptors (Lipinski definition) is 2. The first-order chi connectivity index (χ1) is 8.22. The van der Waals surface area contributed by atoms with Gasteiger partial charge in [-0.3, -0.25) is 4.79 Å². The quantitative estimate of drug-likeness (QED) is 0.754. The minimum atomic E-state index is 0.188. The maximum atomic E-state index is 11.7. The average molecular weight is 251 g/mol. The number of hydrogen-bond donors (Lipinski definition) is 0. The van der Waals surface area contributed by atoms with Crippen LogP contribution < -0.4 is 0 Å². The molecule has 0 spiro atoms. The Bertz CT molecular complexity index is 528. The number of alkyl halides is 1. The first-order valence-electron chi connectivity index (χ1n) is 5.77. The Hall–Kier alpha value is -1.28. The zero-order valence-corrected chi connectivity index (χ0v) is 10.6. The Morgan fingerprint density at radius 1 is 1.35 bits per heavy atom. The molecule has 0 N–H and O–H groups in total. The van der Waals surface area contributed by atoms with Gasteiger partial charge in [0.15, 0.2) is 0 Å². The van der Waals surface area contributed by atoms with E-state index in [1.807, 2.05) is 31.2 Å². The fraction of sp³-hybridized carbons (Fsp3) is 0.357. The van der Waals surface area contributed by atoms with Crippen molar-refractivity contribution in [1.82, 2.24) is 0 Å². The number of Topliss-reactive ketones (excluding diaryl/α,β-unsaturated/α-hetero) is 1. The third-order valence-corrected chi connectivity index (χ3v) is 3.16. The van der Waals surface area contributed by atoms with E-state index < -0.39 is 0 Å². The highest BCUT2D eigenvalue weighted by atomic mass is 35.5. The van der Waals surface area contributed by atoms with Crippen molar-refractivity contribution in [3.8, 4) is 0 Å². The number of benzene rings is 1. The van der Waals surface area contributed by atoms with Crippen molar-refractivity contribution >= 4 is 28.4 Å². The number of aryl methyl sites for hydroxylation is 1. The van der Waals surface area contributed by atoms with Crippen molar-refractivity contribution in [2.75, 3.05) is 5.88 Å². The number of furan rings is 1. The number of ketones is 1. The molecule has 0 bridgehead atoms. The molecule has 0 aliphatic rings. The second-order valence-electron chi connectivity index (χ2n) is 4.15. The molecule has 0 unspecified atom stereocenters. The standard InChI is InChI=1S/C14H15ClO2/c1-10-12-6-2-3-7-13(12)17-14(10)9-11(16)5-4-8-15/h2-3,6-7H,4-5,8-9H2,1H3. The summed E-state index contributed by atoms with van der Waals surface area (Å²) in [7, 11) is 0. The predicted molar refractivity (Wildman–Crippen MR) is 69.6 cm³/mol. The second-order valence-corrected chi connectivity index (χ2v) is 4.53. The summed E-state index contributed by atoms with van der Waals surface area (Å²) >= 11 is 5.57. The lowest BCUT2D eigenvalue weighted by atomic mass is 10.1. The van der Waals surface area contributed by atoms with Gasteiger partial charge in [0, 0.05) is 17.7 Å². The molecule has 0 saturated carbocycles. The van der Waals surface area contributed by atoms with Crippen LogP contribution in [0.15, 0.2) is 28.7 Å².